The first-order valence-electron chi connectivity index (χ1n) is 8.35. The molecule has 0 aliphatic heterocycles. The maximum atomic E-state index is 11.8. The predicted molar refractivity (Wildman–Crippen MR) is 92.5 cm³/mol. The van der Waals surface area contributed by atoms with Gasteiger partial charge in [-0.2, -0.15) is 5.10 Å². The number of alkyl carbamates (subject to hydrolysis) is 1. The lowest BCUT2D eigenvalue weighted by atomic mass is 10.1. The van der Waals surface area contributed by atoms with Gasteiger partial charge in [-0.25, -0.2) is 4.79 Å². The molecule has 1 unspecified atom stereocenters. The minimum Gasteiger partial charge on any atom is -0.444 e. The van der Waals surface area contributed by atoms with Crippen LogP contribution in [-0.4, -0.2) is 34.1 Å². The normalized spacial score (nSPS) is 13.2. The van der Waals surface area contributed by atoms with Crippen LogP contribution in [-0.2, 0) is 18.3 Å². The highest BCUT2D eigenvalue weighted by Gasteiger charge is 2.19. The molecule has 0 aromatic carbocycles. The molecular formula is C17H32N4O2. The minimum atomic E-state index is -0.475. The molecule has 2 N–H and O–H groups in total. The summed E-state index contributed by atoms with van der Waals surface area (Å²) in [4.78, 5) is 11.8. The summed E-state index contributed by atoms with van der Waals surface area (Å²) < 4.78 is 7.15. The van der Waals surface area contributed by atoms with Gasteiger partial charge in [0, 0.05) is 37.9 Å². The molecule has 0 spiro atoms. The molecule has 0 radical (unpaired) electrons. The van der Waals surface area contributed by atoms with Crippen molar-refractivity contribution in [3.05, 3.63) is 17.5 Å². The van der Waals surface area contributed by atoms with E-state index >= 15 is 0 Å². The summed E-state index contributed by atoms with van der Waals surface area (Å²) in [5, 5.41) is 10.8. The lowest BCUT2D eigenvalue weighted by molar-refractivity contribution is 0.0502. The molecular weight excluding hydrogens is 292 g/mol. The highest BCUT2D eigenvalue weighted by atomic mass is 16.6. The monoisotopic (exact) mass is 324 g/mol. The zero-order valence-corrected chi connectivity index (χ0v) is 15.6. The molecule has 23 heavy (non-hydrogen) atoms. The van der Waals surface area contributed by atoms with Crippen LogP contribution < -0.4 is 10.6 Å². The average Bonchev–Trinajstić information content (AvgIpc) is 2.76. The third-order valence-corrected chi connectivity index (χ3v) is 3.40. The Labute approximate surface area is 140 Å². The van der Waals surface area contributed by atoms with E-state index in [4.69, 9.17) is 4.74 Å². The molecule has 1 amide bonds. The van der Waals surface area contributed by atoms with Crippen molar-refractivity contribution >= 4 is 6.09 Å². The third kappa shape index (κ3) is 7.03. The number of aromatic nitrogens is 2. The van der Waals surface area contributed by atoms with Crippen LogP contribution in [0, 0.1) is 0 Å². The fourth-order valence-corrected chi connectivity index (χ4v) is 2.33. The molecule has 132 valence electrons. The third-order valence-electron chi connectivity index (χ3n) is 3.40. The van der Waals surface area contributed by atoms with Gasteiger partial charge in [-0.1, -0.05) is 20.8 Å². The van der Waals surface area contributed by atoms with Crippen molar-refractivity contribution in [2.24, 2.45) is 7.05 Å². The number of nitrogens with one attached hydrogen (secondary N) is 2. The maximum Gasteiger partial charge on any atom is 0.407 e. The molecule has 0 aliphatic rings. The second kappa shape index (κ2) is 8.34. The first-order valence-corrected chi connectivity index (χ1v) is 8.35. The molecule has 1 atom stereocenters. The summed E-state index contributed by atoms with van der Waals surface area (Å²) in [6, 6.07) is 0.0454. The number of hydrogen-bond acceptors (Lipinski definition) is 4. The van der Waals surface area contributed by atoms with Crippen molar-refractivity contribution in [1.29, 1.82) is 0 Å². The summed E-state index contributed by atoms with van der Waals surface area (Å²) in [6.45, 7) is 13.4. The van der Waals surface area contributed by atoms with E-state index in [2.05, 4.69) is 29.6 Å². The summed E-state index contributed by atoms with van der Waals surface area (Å²) in [5.41, 5.74) is 1.85. The summed E-state index contributed by atoms with van der Waals surface area (Å²) in [5.74, 6) is 0.398. The Morgan fingerprint density at radius 3 is 2.57 bits per heavy atom. The van der Waals surface area contributed by atoms with Gasteiger partial charge >= 0.3 is 6.09 Å². The van der Waals surface area contributed by atoms with E-state index < -0.39 is 5.60 Å². The van der Waals surface area contributed by atoms with Crippen LogP contribution in [0.5, 0.6) is 0 Å². The zero-order valence-electron chi connectivity index (χ0n) is 15.6. The molecule has 0 fully saturated rings. The topological polar surface area (TPSA) is 68.2 Å². The minimum absolute atomic E-state index is 0.0454. The lowest BCUT2D eigenvalue weighted by Crippen LogP contribution is -2.43. The lowest BCUT2D eigenvalue weighted by Gasteiger charge is -2.23. The van der Waals surface area contributed by atoms with Crippen molar-refractivity contribution in [2.45, 2.75) is 72.1 Å². The standard InChI is InChI=1S/C17H32N4O2/c1-8-14(19-16(22)23-17(4,5)6)10-18-9-13-11-21(7)20-15(13)12(2)3/h11-12,14,18H,8-10H2,1-7H3,(H,19,22). The fourth-order valence-electron chi connectivity index (χ4n) is 2.33. The van der Waals surface area contributed by atoms with Gasteiger partial charge in [0.2, 0.25) is 0 Å². The van der Waals surface area contributed by atoms with E-state index in [1.54, 1.807) is 0 Å². The van der Waals surface area contributed by atoms with E-state index in [0.717, 1.165) is 18.7 Å². The van der Waals surface area contributed by atoms with Crippen LogP contribution in [0.1, 0.15) is 65.1 Å². The molecule has 0 saturated heterocycles. The van der Waals surface area contributed by atoms with Gasteiger partial charge < -0.3 is 15.4 Å². The molecule has 1 heterocycles. The maximum absolute atomic E-state index is 11.8. The van der Waals surface area contributed by atoms with Gasteiger partial charge in [-0.05, 0) is 33.1 Å². The molecule has 1 rings (SSSR count). The Hall–Kier alpha value is -1.56. The van der Waals surface area contributed by atoms with Crippen LogP contribution in [0.15, 0.2) is 6.20 Å². The van der Waals surface area contributed by atoms with Crippen LogP contribution >= 0.6 is 0 Å². The summed E-state index contributed by atoms with van der Waals surface area (Å²) >= 11 is 0. The molecule has 0 bridgehead atoms. The highest BCUT2D eigenvalue weighted by Crippen LogP contribution is 2.16. The Balaban J connectivity index is 2.48. The molecule has 0 saturated carbocycles. The highest BCUT2D eigenvalue weighted by molar-refractivity contribution is 5.68. The second-order valence-corrected chi connectivity index (χ2v) is 7.25. The SMILES string of the molecule is CCC(CNCc1cn(C)nc1C(C)C)NC(=O)OC(C)(C)C. The first-order chi connectivity index (χ1) is 10.6. The van der Waals surface area contributed by atoms with Gasteiger partial charge in [0.05, 0.1) is 5.69 Å². The van der Waals surface area contributed by atoms with Crippen molar-refractivity contribution in [1.82, 2.24) is 20.4 Å². The zero-order chi connectivity index (χ0) is 17.6. The average molecular weight is 324 g/mol. The molecule has 1 aromatic heterocycles. The van der Waals surface area contributed by atoms with Crippen molar-refractivity contribution in [2.75, 3.05) is 6.54 Å². The van der Waals surface area contributed by atoms with Gasteiger partial charge in [0.15, 0.2) is 0 Å². The number of carbonyl (C=O) groups excluding carboxylic acids is 1. The van der Waals surface area contributed by atoms with Gasteiger partial charge in [-0.3, -0.25) is 4.68 Å². The smallest absolute Gasteiger partial charge is 0.407 e. The van der Waals surface area contributed by atoms with E-state index in [0.29, 0.717) is 12.5 Å². The predicted octanol–water partition coefficient (Wildman–Crippen LogP) is 2.94. The fraction of sp³-hybridized carbons (Fsp3) is 0.765. The van der Waals surface area contributed by atoms with E-state index in [1.807, 2.05) is 45.6 Å². The molecule has 6 heteroatoms. The van der Waals surface area contributed by atoms with Crippen LogP contribution in [0.4, 0.5) is 4.79 Å². The molecule has 6 nitrogen and oxygen atoms in total. The largest absolute Gasteiger partial charge is 0.444 e. The van der Waals surface area contributed by atoms with Crippen molar-refractivity contribution in [3.63, 3.8) is 0 Å². The second-order valence-electron chi connectivity index (χ2n) is 7.25. The Morgan fingerprint density at radius 1 is 1.39 bits per heavy atom. The van der Waals surface area contributed by atoms with Gasteiger partial charge in [0.1, 0.15) is 5.60 Å². The summed E-state index contributed by atoms with van der Waals surface area (Å²) in [7, 11) is 1.94. The van der Waals surface area contributed by atoms with E-state index in [9.17, 15) is 4.79 Å². The number of carbonyl (C=O) groups is 1. The van der Waals surface area contributed by atoms with E-state index in [1.165, 1.54) is 5.56 Å². The first kappa shape index (κ1) is 19.5. The molecule has 0 aliphatic carbocycles. The number of nitrogens with zero attached hydrogens (tertiary/aromatic N) is 2. The quantitative estimate of drug-likeness (QED) is 0.809. The van der Waals surface area contributed by atoms with Crippen LogP contribution in [0.25, 0.3) is 0 Å². The Kier molecular flexibility index (Phi) is 7.06. The number of rotatable bonds is 7. The number of amides is 1. The van der Waals surface area contributed by atoms with E-state index in [-0.39, 0.29) is 12.1 Å². The number of hydrogen-bond donors (Lipinski definition) is 2. The van der Waals surface area contributed by atoms with Crippen LogP contribution in [0.2, 0.25) is 0 Å². The molecule has 1 aromatic rings. The van der Waals surface area contributed by atoms with Gasteiger partial charge in [-0.15, -0.1) is 0 Å². The summed E-state index contributed by atoms with van der Waals surface area (Å²) in [6.07, 6.45) is 2.52. The van der Waals surface area contributed by atoms with Crippen LogP contribution in [0.3, 0.4) is 0 Å². The van der Waals surface area contributed by atoms with Crippen molar-refractivity contribution in [3.8, 4) is 0 Å². The van der Waals surface area contributed by atoms with Crippen molar-refractivity contribution < 1.29 is 9.53 Å². The Morgan fingerprint density at radius 2 is 2.04 bits per heavy atom. The number of aryl methyl sites for hydroxylation is 1. The Bertz CT molecular complexity index is 503. The van der Waals surface area contributed by atoms with Gasteiger partial charge in [0.25, 0.3) is 0 Å². The number of ether oxygens (including phenoxy) is 1.